The highest BCUT2D eigenvalue weighted by atomic mass is 28.4. The molecule has 7 heteroatoms. The summed E-state index contributed by atoms with van der Waals surface area (Å²) >= 11 is 0. The first-order valence-electron chi connectivity index (χ1n) is 12.0. The van der Waals surface area contributed by atoms with Crippen molar-refractivity contribution >= 4 is 30.2 Å². The van der Waals surface area contributed by atoms with Crippen LogP contribution in [0.4, 0.5) is 0 Å². The standard InChI is InChI=1S/C25H45BNO3Si2/c1-24(2,3)31(7,8)29-17-20-11-13-21(14-12-20)22-15-16-27(26-19-28)23(22)18-30-32(9,10)25(4,5)6/h11-14,19,22-23H,15-18H2,1-10H3/t22-,23-/m1/s1. The van der Waals surface area contributed by atoms with Crippen molar-refractivity contribution in [3.63, 3.8) is 0 Å². The van der Waals surface area contributed by atoms with Crippen LogP contribution in [0.5, 0.6) is 0 Å². The van der Waals surface area contributed by atoms with Crippen molar-refractivity contribution in [3.8, 4) is 0 Å². The van der Waals surface area contributed by atoms with Crippen LogP contribution in [0, 0.1) is 0 Å². The summed E-state index contributed by atoms with van der Waals surface area (Å²) in [5.74, 6) is 0.367. The van der Waals surface area contributed by atoms with Gasteiger partial charge in [-0.2, -0.15) is 0 Å². The van der Waals surface area contributed by atoms with Gasteiger partial charge in [-0.1, -0.05) is 65.8 Å². The molecule has 0 amide bonds. The summed E-state index contributed by atoms with van der Waals surface area (Å²) in [4.78, 5) is 13.4. The number of hydrogen-bond donors (Lipinski definition) is 0. The van der Waals surface area contributed by atoms with Crippen molar-refractivity contribution < 1.29 is 13.6 Å². The largest absolute Gasteiger partial charge is 0.415 e. The van der Waals surface area contributed by atoms with E-state index in [1.807, 2.05) is 0 Å². The van der Waals surface area contributed by atoms with E-state index >= 15 is 0 Å². The number of benzene rings is 1. The third-order valence-corrected chi connectivity index (χ3v) is 17.1. The summed E-state index contributed by atoms with van der Waals surface area (Å²) in [5, 5.41) is 0.388. The monoisotopic (exact) mass is 474 g/mol. The van der Waals surface area contributed by atoms with Crippen LogP contribution in [0.15, 0.2) is 24.3 Å². The maximum atomic E-state index is 11.2. The zero-order valence-corrected chi connectivity index (χ0v) is 24.1. The highest BCUT2D eigenvalue weighted by Crippen LogP contribution is 2.40. The lowest BCUT2D eigenvalue weighted by Crippen LogP contribution is -2.46. The molecular weight excluding hydrogens is 429 g/mol. The minimum Gasteiger partial charge on any atom is -0.415 e. The molecule has 0 aliphatic carbocycles. The second-order valence-electron chi connectivity index (χ2n) is 12.3. The van der Waals surface area contributed by atoms with E-state index in [1.165, 1.54) is 11.1 Å². The van der Waals surface area contributed by atoms with Crippen molar-refractivity contribution in [1.82, 2.24) is 4.81 Å². The van der Waals surface area contributed by atoms with Gasteiger partial charge in [0, 0.05) is 18.6 Å². The Balaban J connectivity index is 2.11. The minimum atomic E-state index is -1.85. The smallest absolute Gasteiger partial charge is 0.293 e. The summed E-state index contributed by atoms with van der Waals surface area (Å²) in [6.45, 7) is 25.0. The lowest BCUT2D eigenvalue weighted by Gasteiger charge is -2.38. The Morgan fingerprint density at radius 3 is 2.00 bits per heavy atom. The summed E-state index contributed by atoms with van der Waals surface area (Å²) < 4.78 is 13.0. The van der Waals surface area contributed by atoms with Crippen molar-refractivity contribution in [3.05, 3.63) is 35.4 Å². The average Bonchev–Trinajstić information content (AvgIpc) is 3.06. The predicted molar refractivity (Wildman–Crippen MR) is 142 cm³/mol. The molecule has 2 atom stereocenters. The Labute approximate surface area is 200 Å². The van der Waals surface area contributed by atoms with Crippen molar-refractivity contribution in [2.24, 2.45) is 0 Å². The number of carbonyl (C=O) groups is 1. The second-order valence-corrected chi connectivity index (χ2v) is 22.0. The maximum Gasteiger partial charge on any atom is 0.293 e. The molecule has 0 saturated carbocycles. The molecule has 1 aliphatic rings. The summed E-state index contributed by atoms with van der Waals surface area (Å²) in [5.41, 5.74) is 2.55. The van der Waals surface area contributed by atoms with E-state index in [0.29, 0.717) is 19.1 Å². The van der Waals surface area contributed by atoms with E-state index in [4.69, 9.17) is 8.85 Å². The molecule has 0 spiro atoms. The van der Waals surface area contributed by atoms with E-state index in [0.717, 1.165) is 19.2 Å². The summed E-state index contributed by atoms with van der Waals surface area (Å²) in [7, 11) is -1.91. The van der Waals surface area contributed by atoms with Gasteiger partial charge in [-0.15, -0.1) is 0 Å². The molecule has 0 aromatic heterocycles. The Bertz CT molecular complexity index is 754. The zero-order valence-electron chi connectivity index (χ0n) is 22.1. The van der Waals surface area contributed by atoms with Gasteiger partial charge < -0.3 is 18.5 Å². The highest BCUT2D eigenvalue weighted by Gasteiger charge is 2.41. The minimum absolute atomic E-state index is 0.173. The predicted octanol–water partition coefficient (Wildman–Crippen LogP) is 6.20. The molecule has 32 heavy (non-hydrogen) atoms. The lowest BCUT2D eigenvalue weighted by atomic mass is 9.88. The third kappa shape index (κ3) is 6.66. The number of rotatable bonds is 9. The molecule has 1 radical (unpaired) electrons. The maximum absolute atomic E-state index is 11.2. The fourth-order valence-corrected chi connectivity index (χ4v) is 5.57. The van der Waals surface area contributed by atoms with Gasteiger partial charge in [0.25, 0.3) is 7.41 Å². The third-order valence-electron chi connectivity index (χ3n) is 8.08. The molecule has 2 rings (SSSR count). The van der Waals surface area contributed by atoms with E-state index in [9.17, 15) is 4.79 Å². The van der Waals surface area contributed by atoms with E-state index < -0.39 is 16.6 Å². The van der Waals surface area contributed by atoms with Crippen LogP contribution < -0.4 is 0 Å². The van der Waals surface area contributed by atoms with Crippen LogP contribution in [-0.4, -0.2) is 54.2 Å². The SMILES string of the molecule is CC(C)(C)[Si](C)(C)OCc1ccc([C@H]2CCN([B]C=O)[C@@H]2CO[Si](C)(C)C(C)(C)C)cc1. The molecule has 1 heterocycles. The van der Waals surface area contributed by atoms with Crippen molar-refractivity contribution in [2.75, 3.05) is 13.2 Å². The van der Waals surface area contributed by atoms with Crippen LogP contribution in [0.25, 0.3) is 0 Å². The quantitative estimate of drug-likeness (QED) is 0.316. The van der Waals surface area contributed by atoms with Crippen LogP contribution >= 0.6 is 0 Å². The molecule has 0 unspecified atom stereocenters. The first kappa shape index (κ1) is 27.5. The fraction of sp³-hybridized carbons (Fsp3) is 0.720. The zero-order chi connectivity index (χ0) is 24.4. The topological polar surface area (TPSA) is 38.8 Å². The number of hydrogen-bond acceptors (Lipinski definition) is 4. The van der Waals surface area contributed by atoms with Crippen LogP contribution in [0.3, 0.4) is 0 Å². The molecule has 4 nitrogen and oxygen atoms in total. The van der Waals surface area contributed by atoms with Crippen molar-refractivity contribution in [1.29, 1.82) is 0 Å². The van der Waals surface area contributed by atoms with Gasteiger partial charge in [0.15, 0.2) is 16.6 Å². The lowest BCUT2D eigenvalue weighted by molar-refractivity contribution is 0.208. The van der Waals surface area contributed by atoms with Gasteiger partial charge >= 0.3 is 0 Å². The van der Waals surface area contributed by atoms with Gasteiger partial charge in [0.05, 0.1) is 12.8 Å². The van der Waals surface area contributed by atoms with E-state index in [-0.39, 0.29) is 16.1 Å². The summed E-state index contributed by atoms with van der Waals surface area (Å²) in [6, 6.07) is 9.11. The second kappa shape index (κ2) is 10.3. The Morgan fingerprint density at radius 2 is 1.50 bits per heavy atom. The Kier molecular flexibility index (Phi) is 8.82. The van der Waals surface area contributed by atoms with E-state index in [2.05, 4.69) is 96.8 Å². The first-order chi connectivity index (χ1) is 14.6. The van der Waals surface area contributed by atoms with Gasteiger partial charge in [-0.3, -0.25) is 0 Å². The van der Waals surface area contributed by atoms with Crippen LogP contribution in [0.1, 0.15) is 65.0 Å². The van der Waals surface area contributed by atoms with Gasteiger partial charge in [0.2, 0.25) is 0 Å². The van der Waals surface area contributed by atoms with Gasteiger partial charge in [-0.25, -0.2) is 0 Å². The Morgan fingerprint density at radius 1 is 0.969 bits per heavy atom. The summed E-state index contributed by atoms with van der Waals surface area (Å²) in [6.07, 6.45) is 1.94. The highest BCUT2D eigenvalue weighted by molar-refractivity contribution is 6.74. The van der Waals surface area contributed by atoms with Crippen molar-refractivity contribution in [2.45, 2.75) is 103 Å². The molecular formula is C25H45BNO3Si2. The molecule has 0 bridgehead atoms. The van der Waals surface area contributed by atoms with Crippen LogP contribution in [-0.2, 0) is 20.3 Å². The normalized spacial score (nSPS) is 21.1. The Hall–Kier alpha value is -0.731. The number of carbonyl (C=O) groups excluding carboxylic acids is 1. The molecule has 1 fully saturated rings. The van der Waals surface area contributed by atoms with E-state index in [1.54, 1.807) is 7.41 Å². The fourth-order valence-electron chi connectivity index (χ4n) is 3.59. The molecule has 1 aliphatic heterocycles. The molecule has 1 aromatic carbocycles. The molecule has 0 N–H and O–H groups in total. The first-order valence-corrected chi connectivity index (χ1v) is 17.8. The average molecular weight is 475 g/mol. The van der Waals surface area contributed by atoms with Gasteiger partial charge in [0.1, 0.15) is 0 Å². The molecule has 1 saturated heterocycles. The molecule has 179 valence electrons. The number of nitrogens with zero attached hydrogens (tertiary/aromatic N) is 1. The van der Waals surface area contributed by atoms with Gasteiger partial charge in [-0.05, 0) is 60.4 Å². The molecule has 1 aromatic rings. The van der Waals surface area contributed by atoms with Crippen LogP contribution in [0.2, 0.25) is 36.3 Å².